The summed E-state index contributed by atoms with van der Waals surface area (Å²) in [4.78, 5) is 0. The molecule has 0 aromatic carbocycles. The molecule has 1 N–H and O–H groups in total. The topological polar surface area (TPSA) is 80.1 Å². The third-order valence-corrected chi connectivity index (χ3v) is 2.22. The summed E-state index contributed by atoms with van der Waals surface area (Å²) < 4.78 is 10.7. The standard InChI is InChI=1S/C10H12N4O2/c11-5-8-1-2-13-14-10(8)12-6-9-7-15-3-4-16-9/h1-2,9H,3-4,6-7H2,(H,12,14). The molecule has 84 valence electrons. The van der Waals surface area contributed by atoms with Crippen molar-refractivity contribution in [3.05, 3.63) is 17.8 Å². The van der Waals surface area contributed by atoms with Gasteiger partial charge in [0.1, 0.15) is 6.07 Å². The Kier molecular flexibility index (Phi) is 3.64. The van der Waals surface area contributed by atoms with E-state index in [0.717, 1.165) is 0 Å². The maximum absolute atomic E-state index is 8.84. The second-order valence-corrected chi connectivity index (χ2v) is 3.35. The quantitative estimate of drug-likeness (QED) is 0.782. The lowest BCUT2D eigenvalue weighted by atomic mass is 10.3. The van der Waals surface area contributed by atoms with E-state index in [1.807, 2.05) is 6.07 Å². The number of hydrogen-bond donors (Lipinski definition) is 1. The highest BCUT2D eigenvalue weighted by atomic mass is 16.6. The van der Waals surface area contributed by atoms with E-state index < -0.39 is 0 Å². The van der Waals surface area contributed by atoms with E-state index in [-0.39, 0.29) is 6.10 Å². The van der Waals surface area contributed by atoms with Crippen LogP contribution in [0.2, 0.25) is 0 Å². The maximum Gasteiger partial charge on any atom is 0.166 e. The Morgan fingerprint density at radius 2 is 2.50 bits per heavy atom. The fourth-order valence-electron chi connectivity index (χ4n) is 1.42. The molecule has 2 heterocycles. The van der Waals surface area contributed by atoms with Gasteiger partial charge in [-0.05, 0) is 6.07 Å². The summed E-state index contributed by atoms with van der Waals surface area (Å²) in [5.41, 5.74) is 0.478. The highest BCUT2D eigenvalue weighted by molar-refractivity contribution is 5.50. The van der Waals surface area contributed by atoms with E-state index in [1.54, 1.807) is 6.07 Å². The van der Waals surface area contributed by atoms with Crippen molar-refractivity contribution in [1.82, 2.24) is 10.2 Å². The molecule has 16 heavy (non-hydrogen) atoms. The van der Waals surface area contributed by atoms with Crippen LogP contribution in [0.15, 0.2) is 12.3 Å². The van der Waals surface area contributed by atoms with Crippen LogP contribution in [0.5, 0.6) is 0 Å². The van der Waals surface area contributed by atoms with Crippen molar-refractivity contribution in [2.24, 2.45) is 0 Å². The van der Waals surface area contributed by atoms with Crippen molar-refractivity contribution in [1.29, 1.82) is 5.26 Å². The van der Waals surface area contributed by atoms with E-state index in [9.17, 15) is 0 Å². The zero-order valence-corrected chi connectivity index (χ0v) is 8.72. The van der Waals surface area contributed by atoms with Gasteiger partial charge in [0, 0.05) is 6.54 Å². The summed E-state index contributed by atoms with van der Waals surface area (Å²) in [6, 6.07) is 3.66. The number of nitrogens with zero attached hydrogens (tertiary/aromatic N) is 3. The van der Waals surface area contributed by atoms with Crippen LogP contribution in [0.25, 0.3) is 0 Å². The third kappa shape index (κ3) is 2.66. The Balaban J connectivity index is 1.91. The molecule has 1 fully saturated rings. The van der Waals surface area contributed by atoms with Crippen molar-refractivity contribution in [2.75, 3.05) is 31.7 Å². The molecular formula is C10H12N4O2. The Hall–Kier alpha value is -1.71. The van der Waals surface area contributed by atoms with E-state index in [4.69, 9.17) is 14.7 Å². The molecule has 0 spiro atoms. The lowest BCUT2D eigenvalue weighted by molar-refractivity contribution is -0.0819. The summed E-state index contributed by atoms with van der Waals surface area (Å²) in [6.07, 6.45) is 1.49. The van der Waals surface area contributed by atoms with Gasteiger partial charge in [-0.3, -0.25) is 0 Å². The predicted molar refractivity (Wildman–Crippen MR) is 55.8 cm³/mol. The van der Waals surface area contributed by atoms with Crippen LogP contribution in [0.1, 0.15) is 5.56 Å². The van der Waals surface area contributed by atoms with Crippen LogP contribution in [-0.4, -0.2) is 42.7 Å². The third-order valence-electron chi connectivity index (χ3n) is 2.22. The first-order chi connectivity index (χ1) is 7.90. The number of rotatable bonds is 3. The highest BCUT2D eigenvalue weighted by Gasteiger charge is 2.14. The second kappa shape index (κ2) is 5.39. The summed E-state index contributed by atoms with van der Waals surface area (Å²) in [5.74, 6) is 0.485. The van der Waals surface area contributed by atoms with Crippen LogP contribution in [0.4, 0.5) is 5.82 Å². The smallest absolute Gasteiger partial charge is 0.166 e. The van der Waals surface area contributed by atoms with Gasteiger partial charge in [-0.15, -0.1) is 5.10 Å². The van der Waals surface area contributed by atoms with E-state index in [1.165, 1.54) is 6.20 Å². The Bertz CT molecular complexity index is 385. The average Bonchev–Trinajstić information content (AvgIpc) is 2.38. The molecule has 0 saturated carbocycles. The van der Waals surface area contributed by atoms with Gasteiger partial charge >= 0.3 is 0 Å². The van der Waals surface area contributed by atoms with Crippen molar-refractivity contribution in [2.45, 2.75) is 6.10 Å². The fraction of sp³-hybridized carbons (Fsp3) is 0.500. The van der Waals surface area contributed by atoms with Gasteiger partial charge in [0.05, 0.1) is 37.7 Å². The van der Waals surface area contributed by atoms with Crippen molar-refractivity contribution < 1.29 is 9.47 Å². The molecule has 1 aliphatic rings. The van der Waals surface area contributed by atoms with Gasteiger partial charge in [0.25, 0.3) is 0 Å². The second-order valence-electron chi connectivity index (χ2n) is 3.35. The lowest BCUT2D eigenvalue weighted by Gasteiger charge is -2.23. The Morgan fingerprint density at radius 1 is 1.56 bits per heavy atom. The summed E-state index contributed by atoms with van der Waals surface area (Å²) in [5, 5.41) is 19.4. The van der Waals surface area contributed by atoms with Gasteiger partial charge in [-0.1, -0.05) is 0 Å². The average molecular weight is 220 g/mol. The summed E-state index contributed by atoms with van der Waals surface area (Å²) in [7, 11) is 0. The molecule has 2 rings (SSSR count). The monoisotopic (exact) mass is 220 g/mol. The number of anilines is 1. The van der Waals surface area contributed by atoms with E-state index >= 15 is 0 Å². The number of nitrogens with one attached hydrogen (secondary N) is 1. The maximum atomic E-state index is 8.84. The molecule has 1 aromatic rings. The largest absolute Gasteiger partial charge is 0.376 e. The molecular weight excluding hydrogens is 208 g/mol. The van der Waals surface area contributed by atoms with Gasteiger partial charge < -0.3 is 14.8 Å². The van der Waals surface area contributed by atoms with Crippen LogP contribution in [-0.2, 0) is 9.47 Å². The molecule has 1 unspecified atom stereocenters. The van der Waals surface area contributed by atoms with Gasteiger partial charge in [-0.25, -0.2) is 0 Å². The summed E-state index contributed by atoms with van der Waals surface area (Å²) in [6.45, 7) is 2.38. The number of aromatic nitrogens is 2. The van der Waals surface area contributed by atoms with Crippen LogP contribution >= 0.6 is 0 Å². The lowest BCUT2D eigenvalue weighted by Crippen LogP contribution is -2.34. The minimum absolute atomic E-state index is 0.00213. The predicted octanol–water partition coefficient (Wildman–Crippen LogP) is 0.176. The SMILES string of the molecule is N#Cc1ccnnc1NCC1COCCO1. The summed E-state index contributed by atoms with van der Waals surface area (Å²) >= 11 is 0. The first kappa shape index (κ1) is 10.8. The minimum atomic E-state index is 0.00213. The van der Waals surface area contributed by atoms with Crippen LogP contribution in [0.3, 0.4) is 0 Å². The Morgan fingerprint density at radius 3 is 3.25 bits per heavy atom. The van der Waals surface area contributed by atoms with Crippen LogP contribution < -0.4 is 5.32 Å². The molecule has 0 bridgehead atoms. The zero-order valence-electron chi connectivity index (χ0n) is 8.72. The molecule has 1 aliphatic heterocycles. The van der Waals surface area contributed by atoms with E-state index in [2.05, 4.69) is 15.5 Å². The van der Waals surface area contributed by atoms with Crippen molar-refractivity contribution >= 4 is 5.82 Å². The number of nitriles is 1. The fourth-order valence-corrected chi connectivity index (χ4v) is 1.42. The normalized spacial score (nSPS) is 20.1. The van der Waals surface area contributed by atoms with Crippen LogP contribution in [0, 0.1) is 11.3 Å². The molecule has 1 atom stereocenters. The molecule has 6 nitrogen and oxygen atoms in total. The molecule has 6 heteroatoms. The highest BCUT2D eigenvalue weighted by Crippen LogP contribution is 2.09. The molecule has 0 aliphatic carbocycles. The van der Waals surface area contributed by atoms with Gasteiger partial charge in [0.2, 0.25) is 0 Å². The van der Waals surface area contributed by atoms with Gasteiger partial charge in [-0.2, -0.15) is 10.4 Å². The number of hydrogen-bond acceptors (Lipinski definition) is 6. The van der Waals surface area contributed by atoms with E-state index in [0.29, 0.717) is 37.7 Å². The number of ether oxygens (including phenoxy) is 2. The molecule has 1 saturated heterocycles. The molecule has 1 aromatic heterocycles. The molecule has 0 amide bonds. The minimum Gasteiger partial charge on any atom is -0.376 e. The Labute approximate surface area is 93.2 Å². The zero-order chi connectivity index (χ0) is 11.2. The first-order valence-electron chi connectivity index (χ1n) is 5.05. The van der Waals surface area contributed by atoms with Gasteiger partial charge in [0.15, 0.2) is 5.82 Å². The van der Waals surface area contributed by atoms with Crippen molar-refractivity contribution in [3.8, 4) is 6.07 Å². The first-order valence-corrected chi connectivity index (χ1v) is 5.05. The van der Waals surface area contributed by atoms with Crippen molar-refractivity contribution in [3.63, 3.8) is 0 Å². The molecule has 0 radical (unpaired) electrons.